The number of primary amides is 1. The maximum absolute atomic E-state index is 14.2. The van der Waals surface area contributed by atoms with Gasteiger partial charge in [-0.2, -0.15) is 0 Å². The fourth-order valence-electron chi connectivity index (χ4n) is 8.50. The van der Waals surface area contributed by atoms with E-state index < -0.39 is 58.7 Å². The first-order chi connectivity index (χ1) is 22.8. The molecular formula is C35H44N4O9. The minimum absolute atomic E-state index is 0.0451. The molecule has 0 bridgehead atoms. The van der Waals surface area contributed by atoms with Crippen LogP contribution in [0.25, 0.3) is 16.9 Å². The second-order valence-corrected chi connectivity index (χ2v) is 13.6. The molecule has 258 valence electrons. The van der Waals surface area contributed by atoms with Crippen molar-refractivity contribution in [1.82, 2.24) is 14.7 Å². The monoisotopic (exact) mass is 664 g/mol. The number of Topliss-reactive ketones (excluding diaryl/α,β-unsaturated/α-hetero) is 2. The molecule has 0 aromatic heterocycles. The van der Waals surface area contributed by atoms with Gasteiger partial charge in [-0.1, -0.05) is 12.1 Å². The van der Waals surface area contributed by atoms with E-state index in [2.05, 4.69) is 9.80 Å². The van der Waals surface area contributed by atoms with Crippen molar-refractivity contribution in [3.8, 4) is 22.6 Å². The fraction of sp³-hybridized carbons (Fsp3) is 0.514. The van der Waals surface area contributed by atoms with Crippen LogP contribution in [0.4, 0.5) is 0 Å². The average Bonchev–Trinajstić information content (AvgIpc) is 3.03. The first kappa shape index (κ1) is 34.0. The first-order valence-corrected chi connectivity index (χ1v) is 16.3. The highest BCUT2D eigenvalue weighted by Crippen LogP contribution is 2.53. The summed E-state index contributed by atoms with van der Waals surface area (Å²) in [5.41, 5.74) is 5.74. The predicted octanol–water partition coefficient (Wildman–Crippen LogP) is -0.0855. The Morgan fingerprint density at radius 3 is 2.40 bits per heavy atom. The third-order valence-electron chi connectivity index (χ3n) is 10.8. The number of hydrogen-bond acceptors (Lipinski definition) is 12. The molecule has 0 radical (unpaired) electrons. The van der Waals surface area contributed by atoms with Crippen molar-refractivity contribution >= 4 is 23.2 Å². The number of aromatic hydroxyl groups is 1. The molecule has 6 rings (SSSR count). The molecule has 2 unspecified atom stereocenters. The summed E-state index contributed by atoms with van der Waals surface area (Å²) in [4.78, 5) is 46.2. The number of carbonyl (C=O) groups is 3. The summed E-state index contributed by atoms with van der Waals surface area (Å²) in [5.74, 6) is -7.01. The van der Waals surface area contributed by atoms with Crippen LogP contribution in [-0.4, -0.2) is 136 Å². The number of methoxy groups -OCH3 is 1. The van der Waals surface area contributed by atoms with Crippen LogP contribution >= 0.6 is 0 Å². The highest BCUT2D eigenvalue weighted by molar-refractivity contribution is 6.25. The molecule has 13 heteroatoms. The van der Waals surface area contributed by atoms with E-state index >= 15 is 0 Å². The topological polar surface area (TPSA) is 197 Å². The minimum Gasteiger partial charge on any atom is -0.507 e. The Labute approximate surface area is 278 Å². The van der Waals surface area contributed by atoms with Gasteiger partial charge in [0.15, 0.2) is 11.4 Å². The molecule has 7 N–H and O–H groups in total. The van der Waals surface area contributed by atoms with Gasteiger partial charge in [0.1, 0.15) is 23.2 Å². The lowest BCUT2D eigenvalue weighted by Crippen LogP contribution is -2.73. The van der Waals surface area contributed by atoms with E-state index in [0.29, 0.717) is 18.7 Å². The van der Waals surface area contributed by atoms with Gasteiger partial charge in [0.05, 0.1) is 25.4 Å². The zero-order valence-corrected chi connectivity index (χ0v) is 27.4. The second-order valence-electron chi connectivity index (χ2n) is 13.6. The zero-order chi connectivity index (χ0) is 34.7. The number of aliphatic hydroxyl groups is 4. The summed E-state index contributed by atoms with van der Waals surface area (Å²) in [6, 6.07) is 8.05. The number of ketones is 2. The van der Waals surface area contributed by atoms with Gasteiger partial charge < -0.3 is 40.9 Å². The molecular weight excluding hydrogens is 620 g/mol. The molecule has 3 fully saturated rings. The zero-order valence-electron chi connectivity index (χ0n) is 27.4. The third kappa shape index (κ3) is 5.38. The van der Waals surface area contributed by atoms with Crippen LogP contribution in [-0.2, 0) is 27.3 Å². The van der Waals surface area contributed by atoms with Gasteiger partial charge >= 0.3 is 0 Å². The molecule has 1 aliphatic heterocycles. The number of nitrogens with two attached hydrogens (primary N) is 1. The summed E-state index contributed by atoms with van der Waals surface area (Å²) in [7, 11) is 4.86. The highest BCUT2D eigenvalue weighted by atomic mass is 16.5. The lowest BCUT2D eigenvalue weighted by molar-refractivity contribution is -0.184. The Bertz CT molecular complexity index is 1670. The fourth-order valence-corrected chi connectivity index (χ4v) is 8.50. The number of phenolic OH excluding ortho intramolecular Hbond substituents is 1. The molecule has 4 aliphatic rings. The number of aliphatic hydroxyl groups excluding tert-OH is 3. The Balaban J connectivity index is 1.40. The number of piperazine rings is 1. The molecule has 1 saturated heterocycles. The summed E-state index contributed by atoms with van der Waals surface area (Å²) < 4.78 is 5.70. The van der Waals surface area contributed by atoms with E-state index in [9.17, 15) is 39.9 Å². The number of fused-ring (bicyclic) bond motifs is 3. The van der Waals surface area contributed by atoms with Gasteiger partial charge in [0.25, 0.3) is 0 Å². The van der Waals surface area contributed by atoms with Gasteiger partial charge in [0, 0.05) is 62.4 Å². The van der Waals surface area contributed by atoms with Crippen molar-refractivity contribution in [3.63, 3.8) is 0 Å². The van der Waals surface area contributed by atoms with Gasteiger partial charge in [0.2, 0.25) is 11.7 Å². The molecule has 2 aromatic carbocycles. The lowest BCUT2D eigenvalue weighted by atomic mass is 9.54. The van der Waals surface area contributed by atoms with Crippen molar-refractivity contribution < 1.29 is 44.7 Å². The highest BCUT2D eigenvalue weighted by Gasteiger charge is 2.67. The van der Waals surface area contributed by atoms with Crippen molar-refractivity contribution in [2.45, 2.75) is 37.1 Å². The number of rotatable bonds is 8. The van der Waals surface area contributed by atoms with E-state index in [1.165, 1.54) is 6.07 Å². The Kier molecular flexibility index (Phi) is 9.13. The van der Waals surface area contributed by atoms with E-state index in [0.717, 1.165) is 48.6 Å². The van der Waals surface area contributed by atoms with Crippen molar-refractivity contribution in [3.05, 3.63) is 52.6 Å². The molecule has 2 saturated carbocycles. The standard InChI is InChI=1S/C35H44N4O9/c1-37(2)29-23-16-19-15-22-21(18-4-7-25(48-3)20(14-18)17-39-10-8-38(9-11-39)12-13-40)5-6-24(41)27(22)30(42)26(19)32(44)35(23,47)33(45)28(31(29)43)34(36)46/h4-7,14,19,23,28-29,31,40-43,47H,8-13,15-17H2,1-3H3,(H2,36,46)/t19-,23-,28?,29-,31?,35+/m1/s1. The van der Waals surface area contributed by atoms with Crippen molar-refractivity contribution in [1.29, 1.82) is 0 Å². The smallest absolute Gasteiger partial charge is 0.230 e. The second kappa shape index (κ2) is 12.9. The number of phenols is 1. The van der Waals surface area contributed by atoms with Crippen molar-refractivity contribution in [2.24, 2.45) is 23.5 Å². The summed E-state index contributed by atoms with van der Waals surface area (Å²) in [6.45, 7) is 4.76. The number of carbonyl (C=O) groups excluding carboxylic acids is 3. The maximum Gasteiger partial charge on any atom is 0.230 e. The predicted molar refractivity (Wildman–Crippen MR) is 175 cm³/mol. The summed E-state index contributed by atoms with van der Waals surface area (Å²) >= 11 is 0. The largest absolute Gasteiger partial charge is 0.507 e. The quantitative estimate of drug-likeness (QED) is 0.206. The van der Waals surface area contributed by atoms with Crippen LogP contribution in [0.2, 0.25) is 0 Å². The van der Waals surface area contributed by atoms with Gasteiger partial charge in [-0.05, 0) is 67.7 Å². The average molecular weight is 665 g/mol. The van der Waals surface area contributed by atoms with E-state index in [1.807, 2.05) is 18.2 Å². The van der Waals surface area contributed by atoms with Gasteiger partial charge in [-0.3, -0.25) is 24.2 Å². The molecule has 0 spiro atoms. The number of benzene rings is 2. The van der Waals surface area contributed by atoms with Crippen molar-refractivity contribution in [2.75, 3.05) is 60.5 Å². The van der Waals surface area contributed by atoms with E-state index in [-0.39, 0.29) is 36.3 Å². The van der Waals surface area contributed by atoms with Crippen LogP contribution in [0.5, 0.6) is 11.5 Å². The molecule has 48 heavy (non-hydrogen) atoms. The van der Waals surface area contributed by atoms with E-state index in [1.54, 1.807) is 32.2 Å². The minimum atomic E-state index is -2.70. The maximum atomic E-state index is 14.2. The number of amides is 1. The van der Waals surface area contributed by atoms with Crippen LogP contribution in [0.15, 0.2) is 35.9 Å². The number of nitrogens with zero attached hydrogens (tertiary/aromatic N) is 3. The van der Waals surface area contributed by atoms with Crippen LogP contribution in [0, 0.1) is 17.8 Å². The normalized spacial score (nSPS) is 29.4. The Morgan fingerprint density at radius 1 is 1.08 bits per heavy atom. The number of β-amino-alcohol motifs (C(OH)–C–C–N with tert-alkyl or cyclic N) is 1. The summed E-state index contributed by atoms with van der Waals surface area (Å²) in [6.07, 6.45) is -1.30. The molecule has 6 atom stereocenters. The number of hydrogen-bond donors (Lipinski definition) is 6. The SMILES string of the molecule is COc1ccc(-c2ccc(O)c3c2C[C@@H]2C[C@@H]4[C@@H](N(C)C)C(O)C(C(N)=O)C(=O)[C@@]4(O)C(=O)C2=C3O)cc1CN1CCN(CCO)CC1. The van der Waals surface area contributed by atoms with Crippen LogP contribution < -0.4 is 10.5 Å². The lowest BCUT2D eigenvalue weighted by Gasteiger charge is -2.53. The van der Waals surface area contributed by atoms with Gasteiger partial charge in [-0.15, -0.1) is 0 Å². The van der Waals surface area contributed by atoms with Crippen LogP contribution in [0.3, 0.4) is 0 Å². The first-order valence-electron chi connectivity index (χ1n) is 16.3. The third-order valence-corrected chi connectivity index (χ3v) is 10.8. The Morgan fingerprint density at radius 2 is 1.77 bits per heavy atom. The Hall–Kier alpha value is -3.85. The molecule has 3 aliphatic carbocycles. The molecule has 1 amide bonds. The molecule has 2 aromatic rings. The molecule has 13 nitrogen and oxygen atoms in total. The number of likely N-dealkylation sites (N-methyl/N-ethyl adjacent to an activating group) is 1. The summed E-state index contributed by atoms with van der Waals surface area (Å²) in [5, 5.41) is 55.0. The number of ether oxygens (including phenoxy) is 1. The molecule has 1 heterocycles. The van der Waals surface area contributed by atoms with Crippen LogP contribution in [0.1, 0.15) is 23.1 Å². The van der Waals surface area contributed by atoms with Gasteiger partial charge in [-0.25, -0.2) is 0 Å². The van der Waals surface area contributed by atoms with E-state index in [4.69, 9.17) is 10.5 Å².